The summed E-state index contributed by atoms with van der Waals surface area (Å²) in [5.74, 6) is -0.0643. The highest BCUT2D eigenvalue weighted by Crippen LogP contribution is 2.32. The fourth-order valence-corrected chi connectivity index (χ4v) is 6.43. The molecule has 0 spiro atoms. The van der Waals surface area contributed by atoms with E-state index in [1.807, 2.05) is 20.8 Å². The molecule has 0 saturated carbocycles. The molecule has 2 aromatic heterocycles. The lowest BCUT2D eigenvalue weighted by Crippen LogP contribution is -2.50. The molecule has 3 heterocycles. The summed E-state index contributed by atoms with van der Waals surface area (Å²) in [6, 6.07) is 4.97. The van der Waals surface area contributed by atoms with Gasteiger partial charge >= 0.3 is 0 Å². The van der Waals surface area contributed by atoms with E-state index in [4.69, 9.17) is 0 Å². The van der Waals surface area contributed by atoms with Gasteiger partial charge in [-0.15, -0.1) is 11.3 Å². The van der Waals surface area contributed by atoms with E-state index >= 15 is 0 Å². The number of hydrogen-bond acceptors (Lipinski definition) is 6. The largest absolute Gasteiger partial charge is 0.335 e. The summed E-state index contributed by atoms with van der Waals surface area (Å²) in [6.45, 7) is 6.47. The summed E-state index contributed by atoms with van der Waals surface area (Å²) < 4.78 is 40.3. The number of aryl methyl sites for hydroxylation is 3. The summed E-state index contributed by atoms with van der Waals surface area (Å²) in [5, 5.41) is 0.904. The number of fused-ring (bicyclic) bond motifs is 1. The third kappa shape index (κ3) is 3.59. The number of halogens is 1. The Bertz CT molecular complexity index is 1250. The average molecular weight is 449 g/mol. The van der Waals surface area contributed by atoms with Gasteiger partial charge in [0.1, 0.15) is 16.5 Å². The predicted octanol–water partition coefficient (Wildman–Crippen LogP) is 2.90. The van der Waals surface area contributed by atoms with Crippen LogP contribution in [0.2, 0.25) is 0 Å². The zero-order valence-electron chi connectivity index (χ0n) is 16.8. The van der Waals surface area contributed by atoms with Crippen molar-refractivity contribution in [2.45, 2.75) is 25.7 Å². The Kier molecular flexibility index (Phi) is 5.33. The molecule has 7 nitrogen and oxygen atoms in total. The SMILES string of the molecule is Cc1nc(C)c2c(C)c(C(=O)N3CCN(S(=O)(=O)c4cccc(F)c4)CC3)sc2n1. The van der Waals surface area contributed by atoms with E-state index in [-0.39, 0.29) is 37.0 Å². The summed E-state index contributed by atoms with van der Waals surface area (Å²) >= 11 is 1.34. The van der Waals surface area contributed by atoms with E-state index in [2.05, 4.69) is 9.97 Å². The molecule has 1 fully saturated rings. The van der Waals surface area contributed by atoms with Crippen molar-refractivity contribution in [3.05, 3.63) is 52.0 Å². The number of thiophene rings is 1. The maximum atomic E-state index is 13.5. The number of nitrogens with zero attached hydrogens (tertiary/aromatic N) is 4. The van der Waals surface area contributed by atoms with Crippen LogP contribution in [-0.4, -0.2) is 59.7 Å². The maximum absolute atomic E-state index is 13.5. The molecular weight excluding hydrogens is 427 g/mol. The van der Waals surface area contributed by atoms with Crippen LogP contribution in [0.15, 0.2) is 29.2 Å². The summed E-state index contributed by atoms with van der Waals surface area (Å²) in [7, 11) is -3.80. The average Bonchev–Trinajstić information content (AvgIpc) is 3.04. The van der Waals surface area contributed by atoms with Crippen LogP contribution >= 0.6 is 11.3 Å². The molecule has 1 aliphatic rings. The van der Waals surface area contributed by atoms with E-state index in [1.54, 1.807) is 4.90 Å². The van der Waals surface area contributed by atoms with Crippen LogP contribution in [0.1, 0.15) is 26.8 Å². The molecular formula is C20H21FN4O3S2. The van der Waals surface area contributed by atoms with Crippen LogP contribution in [-0.2, 0) is 10.0 Å². The van der Waals surface area contributed by atoms with Gasteiger partial charge in [0.05, 0.1) is 9.77 Å². The van der Waals surface area contributed by atoms with Crippen LogP contribution in [0.3, 0.4) is 0 Å². The van der Waals surface area contributed by atoms with Gasteiger partial charge in [-0.1, -0.05) is 6.07 Å². The molecule has 0 aliphatic carbocycles. The molecule has 1 aromatic carbocycles. The number of amides is 1. The molecule has 0 N–H and O–H groups in total. The molecule has 0 atom stereocenters. The molecule has 1 aliphatic heterocycles. The zero-order chi connectivity index (χ0) is 21.6. The van der Waals surface area contributed by atoms with Crippen LogP contribution < -0.4 is 0 Å². The third-order valence-corrected chi connectivity index (χ3v) is 8.31. The third-order valence-electron chi connectivity index (χ3n) is 5.24. The highest BCUT2D eigenvalue weighted by Gasteiger charge is 2.32. The van der Waals surface area contributed by atoms with Gasteiger partial charge in [0, 0.05) is 37.3 Å². The first-order chi connectivity index (χ1) is 14.2. The Labute approximate surface area is 178 Å². The molecule has 1 amide bonds. The van der Waals surface area contributed by atoms with Gasteiger partial charge in [-0.05, 0) is 44.5 Å². The zero-order valence-corrected chi connectivity index (χ0v) is 18.5. The fourth-order valence-electron chi connectivity index (χ4n) is 3.73. The van der Waals surface area contributed by atoms with E-state index in [0.29, 0.717) is 10.7 Å². The first kappa shape index (κ1) is 20.8. The number of sulfonamides is 1. The molecule has 0 unspecified atom stereocenters. The minimum absolute atomic E-state index is 0.0768. The number of carbonyl (C=O) groups excluding carboxylic acids is 1. The number of aromatic nitrogens is 2. The molecule has 4 rings (SSSR count). The quantitative estimate of drug-likeness (QED) is 0.615. The van der Waals surface area contributed by atoms with Crippen molar-refractivity contribution < 1.29 is 17.6 Å². The maximum Gasteiger partial charge on any atom is 0.264 e. The highest BCUT2D eigenvalue weighted by atomic mass is 32.2. The standard InChI is InChI=1S/C20H21FN4O3S2/c1-12-17-13(2)22-14(3)23-19(17)29-18(12)20(26)24-7-9-25(10-8-24)30(27,28)16-6-4-5-15(21)11-16/h4-6,11H,7-10H2,1-3H3. The highest BCUT2D eigenvalue weighted by molar-refractivity contribution is 7.89. The minimum Gasteiger partial charge on any atom is -0.335 e. The first-order valence-corrected chi connectivity index (χ1v) is 11.7. The lowest BCUT2D eigenvalue weighted by molar-refractivity contribution is 0.0702. The van der Waals surface area contributed by atoms with Gasteiger partial charge in [-0.25, -0.2) is 22.8 Å². The van der Waals surface area contributed by atoms with Crippen molar-refractivity contribution in [1.29, 1.82) is 0 Å². The number of carbonyl (C=O) groups is 1. The van der Waals surface area contributed by atoms with Gasteiger partial charge in [0.15, 0.2) is 0 Å². The normalized spacial score (nSPS) is 15.7. The van der Waals surface area contributed by atoms with Gasteiger partial charge in [0.2, 0.25) is 10.0 Å². The summed E-state index contributed by atoms with van der Waals surface area (Å²) in [5.41, 5.74) is 1.70. The van der Waals surface area contributed by atoms with E-state index in [9.17, 15) is 17.6 Å². The molecule has 0 bridgehead atoms. The molecule has 3 aromatic rings. The Hall–Kier alpha value is -2.43. The van der Waals surface area contributed by atoms with Crippen molar-refractivity contribution in [2.24, 2.45) is 0 Å². The van der Waals surface area contributed by atoms with E-state index in [0.717, 1.165) is 27.5 Å². The van der Waals surface area contributed by atoms with Crippen LogP contribution in [0.4, 0.5) is 4.39 Å². The monoisotopic (exact) mass is 448 g/mol. The van der Waals surface area contributed by atoms with Crippen LogP contribution in [0.5, 0.6) is 0 Å². The molecule has 0 radical (unpaired) electrons. The Morgan fingerprint density at radius 3 is 2.47 bits per heavy atom. The molecule has 10 heteroatoms. The second-order valence-corrected chi connectivity index (χ2v) is 10.2. The van der Waals surface area contributed by atoms with Gasteiger partial charge in [0.25, 0.3) is 5.91 Å². The number of piperazine rings is 1. The van der Waals surface area contributed by atoms with Crippen molar-refractivity contribution in [1.82, 2.24) is 19.2 Å². The lowest BCUT2D eigenvalue weighted by Gasteiger charge is -2.34. The summed E-state index contributed by atoms with van der Waals surface area (Å²) in [4.78, 5) is 24.9. The van der Waals surface area contributed by atoms with E-state index in [1.165, 1.54) is 33.8 Å². The Morgan fingerprint density at radius 2 is 1.80 bits per heavy atom. The van der Waals surface area contributed by atoms with Gasteiger partial charge in [-0.2, -0.15) is 4.31 Å². The van der Waals surface area contributed by atoms with Crippen molar-refractivity contribution in [3.8, 4) is 0 Å². The number of rotatable bonds is 3. The second-order valence-electron chi connectivity index (χ2n) is 7.25. The van der Waals surface area contributed by atoms with Crippen molar-refractivity contribution in [2.75, 3.05) is 26.2 Å². The van der Waals surface area contributed by atoms with Gasteiger partial charge in [-0.3, -0.25) is 4.79 Å². The topological polar surface area (TPSA) is 83.5 Å². The molecule has 1 saturated heterocycles. The lowest BCUT2D eigenvalue weighted by atomic mass is 10.1. The molecule has 30 heavy (non-hydrogen) atoms. The van der Waals surface area contributed by atoms with Crippen molar-refractivity contribution >= 4 is 37.5 Å². The van der Waals surface area contributed by atoms with Crippen LogP contribution in [0.25, 0.3) is 10.2 Å². The smallest absolute Gasteiger partial charge is 0.264 e. The Balaban J connectivity index is 1.53. The fraction of sp³-hybridized carbons (Fsp3) is 0.350. The summed E-state index contributed by atoms with van der Waals surface area (Å²) in [6.07, 6.45) is 0. The van der Waals surface area contributed by atoms with Crippen molar-refractivity contribution in [3.63, 3.8) is 0 Å². The number of hydrogen-bond donors (Lipinski definition) is 0. The minimum atomic E-state index is -3.80. The van der Waals surface area contributed by atoms with E-state index < -0.39 is 15.8 Å². The number of benzene rings is 1. The van der Waals surface area contributed by atoms with Crippen LogP contribution in [0, 0.1) is 26.6 Å². The predicted molar refractivity (Wildman–Crippen MR) is 113 cm³/mol. The second kappa shape index (κ2) is 7.68. The molecule has 158 valence electrons. The van der Waals surface area contributed by atoms with Gasteiger partial charge < -0.3 is 4.90 Å². The first-order valence-electron chi connectivity index (χ1n) is 9.48. The Morgan fingerprint density at radius 1 is 1.10 bits per heavy atom.